The zero-order valence-electron chi connectivity index (χ0n) is 14.7. The van der Waals surface area contributed by atoms with Gasteiger partial charge in [0.15, 0.2) is 5.96 Å². The largest absolute Gasteiger partial charge is 0.354 e. The molecular formula is C18H30FIN4. The van der Waals surface area contributed by atoms with Crippen molar-refractivity contribution in [1.29, 1.82) is 0 Å². The number of halogens is 2. The molecule has 1 unspecified atom stereocenters. The molecule has 1 aromatic rings. The highest BCUT2D eigenvalue weighted by molar-refractivity contribution is 14.0. The Labute approximate surface area is 162 Å². The van der Waals surface area contributed by atoms with E-state index in [0.29, 0.717) is 24.2 Å². The maximum absolute atomic E-state index is 13.6. The molecular weight excluding hydrogens is 418 g/mol. The van der Waals surface area contributed by atoms with E-state index in [2.05, 4.69) is 27.5 Å². The molecule has 0 saturated heterocycles. The average molecular weight is 448 g/mol. The minimum Gasteiger partial charge on any atom is -0.354 e. The van der Waals surface area contributed by atoms with Gasteiger partial charge in [0.25, 0.3) is 0 Å². The van der Waals surface area contributed by atoms with E-state index >= 15 is 0 Å². The first-order chi connectivity index (χ1) is 11.2. The summed E-state index contributed by atoms with van der Waals surface area (Å²) in [7, 11) is 1.73. The lowest BCUT2D eigenvalue weighted by Gasteiger charge is -2.24. The van der Waals surface area contributed by atoms with E-state index in [0.717, 1.165) is 12.3 Å². The minimum absolute atomic E-state index is 0. The molecule has 0 radical (unpaired) electrons. The third-order valence-electron chi connectivity index (χ3n) is 4.60. The Morgan fingerprint density at radius 3 is 2.79 bits per heavy atom. The molecule has 0 spiro atoms. The van der Waals surface area contributed by atoms with Crippen LogP contribution >= 0.6 is 24.0 Å². The first kappa shape index (κ1) is 21.1. The number of nitrogens with zero attached hydrogens (tertiary/aromatic N) is 2. The fourth-order valence-electron chi connectivity index (χ4n) is 3.18. The highest BCUT2D eigenvalue weighted by atomic mass is 127. The number of nitrogens with one attached hydrogen (secondary N) is 2. The van der Waals surface area contributed by atoms with Crippen LogP contribution in [0.2, 0.25) is 0 Å². The summed E-state index contributed by atoms with van der Waals surface area (Å²) in [6, 6.07) is 3.38. The van der Waals surface area contributed by atoms with Crippen molar-refractivity contribution in [1.82, 2.24) is 15.6 Å². The third kappa shape index (κ3) is 7.32. The van der Waals surface area contributed by atoms with Crippen LogP contribution in [0.3, 0.4) is 0 Å². The molecule has 0 amide bonds. The smallest absolute Gasteiger partial charge is 0.191 e. The van der Waals surface area contributed by atoms with Crippen molar-refractivity contribution >= 4 is 29.9 Å². The Bertz CT molecular complexity index is 504. The van der Waals surface area contributed by atoms with Gasteiger partial charge >= 0.3 is 0 Å². The van der Waals surface area contributed by atoms with E-state index in [-0.39, 0.29) is 29.8 Å². The van der Waals surface area contributed by atoms with Crippen molar-refractivity contribution in [3.63, 3.8) is 0 Å². The van der Waals surface area contributed by atoms with Gasteiger partial charge in [-0.15, -0.1) is 24.0 Å². The van der Waals surface area contributed by atoms with Gasteiger partial charge in [0.1, 0.15) is 5.82 Å². The van der Waals surface area contributed by atoms with Gasteiger partial charge in [-0.3, -0.25) is 9.98 Å². The lowest BCUT2D eigenvalue weighted by molar-refractivity contribution is 0.322. The number of rotatable bonds is 6. The highest BCUT2D eigenvalue weighted by Gasteiger charge is 2.15. The molecule has 0 aromatic carbocycles. The van der Waals surface area contributed by atoms with Crippen molar-refractivity contribution < 1.29 is 4.39 Å². The van der Waals surface area contributed by atoms with Crippen molar-refractivity contribution in [2.24, 2.45) is 10.9 Å². The average Bonchev–Trinajstić information content (AvgIpc) is 2.59. The molecule has 1 aromatic heterocycles. The van der Waals surface area contributed by atoms with Crippen LogP contribution in [0.1, 0.15) is 57.6 Å². The monoisotopic (exact) mass is 448 g/mol. The number of pyridine rings is 1. The fourth-order valence-corrected chi connectivity index (χ4v) is 3.18. The summed E-state index contributed by atoms with van der Waals surface area (Å²) in [6.07, 6.45) is 11.0. The molecule has 1 atom stereocenters. The Morgan fingerprint density at radius 2 is 2.12 bits per heavy atom. The third-order valence-corrected chi connectivity index (χ3v) is 4.60. The molecule has 4 nitrogen and oxygen atoms in total. The zero-order valence-corrected chi connectivity index (χ0v) is 17.1. The molecule has 0 bridgehead atoms. The minimum atomic E-state index is -0.291. The maximum atomic E-state index is 13.6. The lowest BCUT2D eigenvalue weighted by atomic mass is 9.85. The number of aromatic nitrogens is 1. The number of aliphatic imine (C=N–C) groups is 1. The van der Waals surface area contributed by atoms with Crippen molar-refractivity contribution in [3.8, 4) is 0 Å². The first-order valence-corrected chi connectivity index (χ1v) is 8.75. The van der Waals surface area contributed by atoms with Crippen molar-refractivity contribution in [2.45, 2.75) is 64.5 Å². The summed E-state index contributed by atoms with van der Waals surface area (Å²) < 4.78 is 13.6. The predicted molar refractivity (Wildman–Crippen MR) is 108 cm³/mol. The molecule has 1 aliphatic carbocycles. The summed E-state index contributed by atoms with van der Waals surface area (Å²) in [5, 5.41) is 6.52. The summed E-state index contributed by atoms with van der Waals surface area (Å²) in [6.45, 7) is 2.51. The Balaban J connectivity index is 0.00000288. The summed E-state index contributed by atoms with van der Waals surface area (Å²) in [5.41, 5.74) is 0.408. The maximum Gasteiger partial charge on any atom is 0.191 e. The van der Waals surface area contributed by atoms with Gasteiger partial charge in [0.05, 0.1) is 12.2 Å². The quantitative estimate of drug-likeness (QED) is 0.389. The standard InChI is InChI=1S/C18H29FN4.HI/c1-14(10-11-15-7-4-3-5-8-15)23-18(20-2)22-13-17-16(19)9-6-12-21-17;/h6,9,12,14-15H,3-5,7-8,10-11,13H2,1-2H3,(H2,20,22,23);1H. The van der Waals surface area contributed by atoms with Gasteiger partial charge in [0, 0.05) is 19.3 Å². The van der Waals surface area contributed by atoms with Crippen LogP contribution in [0.15, 0.2) is 23.3 Å². The summed E-state index contributed by atoms with van der Waals surface area (Å²) in [4.78, 5) is 8.25. The van der Waals surface area contributed by atoms with E-state index in [9.17, 15) is 4.39 Å². The van der Waals surface area contributed by atoms with Crippen LogP contribution in [-0.2, 0) is 6.54 Å². The van der Waals surface area contributed by atoms with Crippen LogP contribution in [-0.4, -0.2) is 24.0 Å². The molecule has 0 aliphatic heterocycles. The second kappa shape index (κ2) is 11.6. The topological polar surface area (TPSA) is 49.3 Å². The van der Waals surface area contributed by atoms with Gasteiger partial charge in [-0.2, -0.15) is 0 Å². The SMILES string of the molecule is CN=C(NCc1ncccc1F)NC(C)CCC1CCCCC1.I. The number of hydrogen-bond acceptors (Lipinski definition) is 2. The van der Waals surface area contributed by atoms with E-state index in [4.69, 9.17) is 0 Å². The Morgan fingerprint density at radius 1 is 1.38 bits per heavy atom. The molecule has 6 heteroatoms. The van der Waals surface area contributed by atoms with Gasteiger partial charge in [0.2, 0.25) is 0 Å². The highest BCUT2D eigenvalue weighted by Crippen LogP contribution is 2.27. The van der Waals surface area contributed by atoms with Crippen LogP contribution < -0.4 is 10.6 Å². The van der Waals surface area contributed by atoms with Crippen LogP contribution in [0, 0.1) is 11.7 Å². The van der Waals surface area contributed by atoms with E-state index in [1.165, 1.54) is 44.6 Å². The summed E-state index contributed by atoms with van der Waals surface area (Å²) >= 11 is 0. The molecule has 1 heterocycles. The Kier molecular flexibility index (Phi) is 10.2. The number of guanidine groups is 1. The molecule has 24 heavy (non-hydrogen) atoms. The van der Waals surface area contributed by atoms with Crippen LogP contribution in [0.4, 0.5) is 4.39 Å². The van der Waals surface area contributed by atoms with Crippen LogP contribution in [0.5, 0.6) is 0 Å². The normalized spacial score (nSPS) is 17.0. The van der Waals surface area contributed by atoms with Gasteiger partial charge in [-0.05, 0) is 37.8 Å². The lowest BCUT2D eigenvalue weighted by Crippen LogP contribution is -2.42. The molecule has 1 saturated carbocycles. The predicted octanol–water partition coefficient (Wildman–Crippen LogP) is 4.25. The number of hydrogen-bond donors (Lipinski definition) is 2. The molecule has 2 N–H and O–H groups in total. The van der Waals surface area contributed by atoms with Gasteiger partial charge < -0.3 is 10.6 Å². The second-order valence-electron chi connectivity index (χ2n) is 6.48. The molecule has 1 fully saturated rings. The Hall–Kier alpha value is -0.920. The van der Waals surface area contributed by atoms with Crippen molar-refractivity contribution in [2.75, 3.05) is 7.05 Å². The van der Waals surface area contributed by atoms with Gasteiger partial charge in [-0.25, -0.2) is 4.39 Å². The molecule has 136 valence electrons. The van der Waals surface area contributed by atoms with Crippen LogP contribution in [0.25, 0.3) is 0 Å². The summed E-state index contributed by atoms with van der Waals surface area (Å²) in [5.74, 6) is 1.30. The van der Waals surface area contributed by atoms with E-state index in [1.807, 2.05) is 0 Å². The zero-order chi connectivity index (χ0) is 16.5. The second-order valence-corrected chi connectivity index (χ2v) is 6.48. The van der Waals surface area contributed by atoms with Gasteiger partial charge in [-0.1, -0.05) is 32.1 Å². The van der Waals surface area contributed by atoms with Crippen molar-refractivity contribution in [3.05, 3.63) is 29.8 Å². The van der Waals surface area contributed by atoms with E-state index < -0.39 is 0 Å². The molecule has 1 aliphatic rings. The fraction of sp³-hybridized carbons (Fsp3) is 0.667. The first-order valence-electron chi connectivity index (χ1n) is 8.75. The molecule has 2 rings (SSSR count). The van der Waals surface area contributed by atoms with E-state index in [1.54, 1.807) is 19.3 Å².